The van der Waals surface area contributed by atoms with E-state index in [1.54, 1.807) is 0 Å². The SMILES string of the molecule is CCOCC(=O)NC1CCC(Oc2ccc(C(F)(F)F)cn2)CC1. The third-order valence-corrected chi connectivity index (χ3v) is 3.83. The Kier molecular flexibility index (Phi) is 6.42. The molecule has 0 aliphatic heterocycles. The van der Waals surface area contributed by atoms with E-state index in [0.717, 1.165) is 25.1 Å². The molecular weight excluding hydrogens is 325 g/mol. The lowest BCUT2D eigenvalue weighted by Crippen LogP contribution is -2.41. The van der Waals surface area contributed by atoms with Gasteiger partial charge in [-0.3, -0.25) is 4.79 Å². The zero-order valence-electron chi connectivity index (χ0n) is 13.4. The van der Waals surface area contributed by atoms with Crippen molar-refractivity contribution in [3.05, 3.63) is 23.9 Å². The van der Waals surface area contributed by atoms with Crippen molar-refractivity contribution in [2.45, 2.75) is 50.9 Å². The zero-order valence-corrected chi connectivity index (χ0v) is 13.4. The van der Waals surface area contributed by atoms with Crippen LogP contribution in [-0.2, 0) is 15.7 Å². The smallest absolute Gasteiger partial charge is 0.417 e. The van der Waals surface area contributed by atoms with Crippen molar-refractivity contribution < 1.29 is 27.4 Å². The van der Waals surface area contributed by atoms with Gasteiger partial charge < -0.3 is 14.8 Å². The molecule has 0 spiro atoms. The molecule has 1 heterocycles. The molecule has 0 atom stereocenters. The van der Waals surface area contributed by atoms with E-state index in [2.05, 4.69) is 10.3 Å². The highest BCUT2D eigenvalue weighted by atomic mass is 19.4. The van der Waals surface area contributed by atoms with Crippen LogP contribution < -0.4 is 10.1 Å². The van der Waals surface area contributed by atoms with E-state index >= 15 is 0 Å². The molecular formula is C16H21F3N2O3. The van der Waals surface area contributed by atoms with E-state index in [1.165, 1.54) is 6.07 Å². The number of nitrogens with zero attached hydrogens (tertiary/aromatic N) is 1. The minimum absolute atomic E-state index is 0.0579. The maximum atomic E-state index is 12.5. The summed E-state index contributed by atoms with van der Waals surface area (Å²) in [5.74, 6) is 0.0532. The first-order valence-electron chi connectivity index (χ1n) is 7.95. The predicted octanol–water partition coefficient (Wildman–Crippen LogP) is 2.94. The lowest BCUT2D eigenvalue weighted by molar-refractivity contribution is -0.137. The summed E-state index contributed by atoms with van der Waals surface area (Å²) in [6, 6.07) is 2.28. The summed E-state index contributed by atoms with van der Waals surface area (Å²) >= 11 is 0. The van der Waals surface area contributed by atoms with Gasteiger partial charge in [0.2, 0.25) is 11.8 Å². The Labute approximate surface area is 138 Å². The maximum Gasteiger partial charge on any atom is 0.417 e. The number of aromatic nitrogens is 1. The molecule has 1 aromatic rings. The number of amides is 1. The largest absolute Gasteiger partial charge is 0.474 e. The second-order valence-corrected chi connectivity index (χ2v) is 5.68. The van der Waals surface area contributed by atoms with Gasteiger partial charge in [0.25, 0.3) is 0 Å². The number of carbonyl (C=O) groups is 1. The Bertz CT molecular complexity index is 526. The molecule has 0 unspecified atom stereocenters. The number of hydrogen-bond acceptors (Lipinski definition) is 4. The van der Waals surface area contributed by atoms with Gasteiger partial charge in [0, 0.05) is 24.9 Å². The van der Waals surface area contributed by atoms with E-state index in [0.29, 0.717) is 19.4 Å². The Morgan fingerprint density at radius 3 is 2.54 bits per heavy atom. The average Bonchev–Trinajstić information content (AvgIpc) is 2.54. The number of nitrogens with one attached hydrogen (secondary N) is 1. The molecule has 134 valence electrons. The molecule has 8 heteroatoms. The molecule has 0 radical (unpaired) electrons. The minimum Gasteiger partial charge on any atom is -0.474 e. The van der Waals surface area contributed by atoms with Gasteiger partial charge in [0.05, 0.1) is 5.56 Å². The van der Waals surface area contributed by atoms with E-state index in [4.69, 9.17) is 9.47 Å². The Morgan fingerprint density at radius 2 is 2.00 bits per heavy atom. The van der Waals surface area contributed by atoms with Crippen molar-refractivity contribution in [3.8, 4) is 5.88 Å². The van der Waals surface area contributed by atoms with Crippen molar-refractivity contribution in [3.63, 3.8) is 0 Å². The van der Waals surface area contributed by atoms with Gasteiger partial charge in [-0.25, -0.2) is 4.98 Å². The molecule has 0 bridgehead atoms. The Morgan fingerprint density at radius 1 is 1.29 bits per heavy atom. The fourth-order valence-electron chi connectivity index (χ4n) is 2.58. The first-order chi connectivity index (χ1) is 11.4. The molecule has 1 aliphatic carbocycles. The first-order valence-corrected chi connectivity index (χ1v) is 7.95. The summed E-state index contributed by atoms with van der Waals surface area (Å²) < 4.78 is 48.1. The second-order valence-electron chi connectivity index (χ2n) is 5.68. The fourth-order valence-corrected chi connectivity index (χ4v) is 2.58. The van der Waals surface area contributed by atoms with E-state index in [1.807, 2.05) is 6.92 Å². The average molecular weight is 346 g/mol. The molecule has 1 saturated carbocycles. The monoisotopic (exact) mass is 346 g/mol. The number of pyridine rings is 1. The number of halogens is 3. The lowest BCUT2D eigenvalue weighted by atomic mass is 9.93. The third kappa shape index (κ3) is 5.67. The quantitative estimate of drug-likeness (QED) is 0.860. The van der Waals surface area contributed by atoms with Crippen LogP contribution in [0.4, 0.5) is 13.2 Å². The molecule has 1 fully saturated rings. The van der Waals surface area contributed by atoms with Crippen LogP contribution in [0.3, 0.4) is 0 Å². The van der Waals surface area contributed by atoms with Crippen LogP contribution >= 0.6 is 0 Å². The molecule has 0 saturated heterocycles. The molecule has 1 N–H and O–H groups in total. The second kappa shape index (κ2) is 8.32. The number of hydrogen-bond donors (Lipinski definition) is 1. The summed E-state index contributed by atoms with van der Waals surface area (Å²) in [5, 5.41) is 2.90. The highest BCUT2D eigenvalue weighted by Crippen LogP contribution is 2.30. The molecule has 1 amide bonds. The standard InChI is InChI=1S/C16H21F3N2O3/c1-2-23-10-14(22)21-12-4-6-13(7-5-12)24-15-8-3-11(9-20-15)16(17,18)19/h3,8-9,12-13H,2,4-7,10H2,1H3,(H,21,22). The summed E-state index contributed by atoms with van der Waals surface area (Å²) in [7, 11) is 0. The molecule has 1 aliphatic rings. The fraction of sp³-hybridized carbons (Fsp3) is 0.625. The van der Waals surface area contributed by atoms with Gasteiger partial charge in [-0.15, -0.1) is 0 Å². The summed E-state index contributed by atoms with van der Waals surface area (Å²) in [6.45, 7) is 2.38. The van der Waals surface area contributed by atoms with Gasteiger partial charge in [0.15, 0.2) is 0 Å². The van der Waals surface area contributed by atoms with Gasteiger partial charge in [0.1, 0.15) is 12.7 Å². The van der Waals surface area contributed by atoms with Crippen LogP contribution in [0.25, 0.3) is 0 Å². The summed E-state index contributed by atoms with van der Waals surface area (Å²) in [6.07, 6.45) is -0.802. The normalized spacial score (nSPS) is 21.3. The van der Waals surface area contributed by atoms with Crippen molar-refractivity contribution in [2.75, 3.05) is 13.2 Å². The van der Waals surface area contributed by atoms with Crippen molar-refractivity contribution >= 4 is 5.91 Å². The van der Waals surface area contributed by atoms with Gasteiger partial charge in [-0.1, -0.05) is 0 Å². The number of ether oxygens (including phenoxy) is 2. The molecule has 5 nitrogen and oxygen atoms in total. The van der Waals surface area contributed by atoms with E-state index in [9.17, 15) is 18.0 Å². The number of alkyl halides is 3. The lowest BCUT2D eigenvalue weighted by Gasteiger charge is -2.29. The van der Waals surface area contributed by atoms with Crippen LogP contribution in [-0.4, -0.2) is 36.3 Å². The van der Waals surface area contributed by atoms with E-state index < -0.39 is 11.7 Å². The topological polar surface area (TPSA) is 60.5 Å². The summed E-state index contributed by atoms with van der Waals surface area (Å²) in [4.78, 5) is 15.3. The van der Waals surface area contributed by atoms with E-state index in [-0.39, 0.29) is 30.5 Å². The maximum absolute atomic E-state index is 12.5. The van der Waals surface area contributed by atoms with Crippen LogP contribution in [0, 0.1) is 0 Å². The predicted molar refractivity (Wildman–Crippen MR) is 80.5 cm³/mol. The van der Waals surface area contributed by atoms with Crippen molar-refractivity contribution in [1.82, 2.24) is 10.3 Å². The van der Waals surface area contributed by atoms with Crippen molar-refractivity contribution in [2.24, 2.45) is 0 Å². The van der Waals surface area contributed by atoms with Gasteiger partial charge in [-0.05, 0) is 38.7 Å². The Balaban J connectivity index is 1.76. The third-order valence-electron chi connectivity index (χ3n) is 3.83. The highest BCUT2D eigenvalue weighted by molar-refractivity contribution is 5.77. The minimum atomic E-state index is -4.40. The summed E-state index contributed by atoms with van der Waals surface area (Å²) in [5.41, 5.74) is -0.796. The molecule has 24 heavy (non-hydrogen) atoms. The molecule has 2 rings (SSSR count). The zero-order chi connectivity index (χ0) is 17.6. The van der Waals surface area contributed by atoms with Gasteiger partial charge >= 0.3 is 6.18 Å². The van der Waals surface area contributed by atoms with Crippen molar-refractivity contribution in [1.29, 1.82) is 0 Å². The molecule has 0 aromatic carbocycles. The highest BCUT2D eigenvalue weighted by Gasteiger charge is 2.31. The molecule has 1 aromatic heterocycles. The Hall–Kier alpha value is -1.83. The van der Waals surface area contributed by atoms with Crippen LogP contribution in [0.15, 0.2) is 18.3 Å². The first kappa shape index (κ1) is 18.5. The number of carbonyl (C=O) groups excluding carboxylic acids is 1. The number of rotatable bonds is 6. The van der Waals surface area contributed by atoms with Crippen LogP contribution in [0.2, 0.25) is 0 Å². The van der Waals surface area contributed by atoms with Crippen LogP contribution in [0.5, 0.6) is 5.88 Å². The van der Waals surface area contributed by atoms with Crippen LogP contribution in [0.1, 0.15) is 38.2 Å². The van der Waals surface area contributed by atoms with Gasteiger partial charge in [-0.2, -0.15) is 13.2 Å².